The van der Waals surface area contributed by atoms with E-state index in [9.17, 15) is 18.4 Å². The Kier molecular flexibility index (Phi) is 7.27. The van der Waals surface area contributed by atoms with Crippen molar-refractivity contribution in [3.63, 3.8) is 0 Å². The smallest absolute Gasteiger partial charge is 0.434 e. The molecule has 2 atom stereocenters. The van der Waals surface area contributed by atoms with Crippen LogP contribution in [0.4, 0.5) is 14.6 Å². The zero-order valence-corrected chi connectivity index (χ0v) is 27.7. The number of hydrogen-bond acceptors (Lipinski definition) is 9. The number of pyridine rings is 2. The van der Waals surface area contributed by atoms with Crippen molar-refractivity contribution in [2.75, 3.05) is 19.0 Å². The molecule has 2 aromatic carbocycles. The Morgan fingerprint density at radius 1 is 1.06 bits per heavy atom. The number of halogens is 2. The monoisotopic (exact) mass is 692 g/mol. The Morgan fingerprint density at radius 3 is 2.72 bits per heavy atom. The van der Waals surface area contributed by atoms with E-state index < -0.39 is 5.76 Å². The van der Waals surface area contributed by atoms with Crippen molar-refractivity contribution >= 4 is 33.1 Å². The lowest BCUT2D eigenvalue weighted by Crippen LogP contribution is -2.22. The first kappa shape index (κ1) is 30.6. The summed E-state index contributed by atoms with van der Waals surface area (Å²) in [6.45, 7) is 0.638. The minimum atomic E-state index is -0.719. The molecule has 6 heterocycles. The molecule has 1 aliphatic carbocycles. The molecular weight excluding hydrogens is 663 g/mol. The number of aromatic nitrogens is 4. The van der Waals surface area contributed by atoms with Crippen LogP contribution < -0.4 is 15.8 Å². The maximum absolute atomic E-state index is 14.5. The van der Waals surface area contributed by atoms with Crippen LogP contribution in [0.15, 0.2) is 63.9 Å². The number of nitrogens with one attached hydrogen (secondary N) is 2. The van der Waals surface area contributed by atoms with Crippen LogP contribution in [-0.2, 0) is 19.3 Å². The molecule has 13 heteroatoms. The lowest BCUT2D eigenvalue weighted by molar-refractivity contribution is 0.0776. The number of methoxy groups -OCH3 is 1. The second-order valence-electron chi connectivity index (χ2n) is 12.8. The zero-order chi connectivity index (χ0) is 34.1. The molecule has 10 nitrogen and oxygen atoms in total. The predicted octanol–water partition coefficient (Wildman–Crippen LogP) is 7.16. The van der Waals surface area contributed by atoms with Gasteiger partial charge in [-0.3, -0.25) is 9.78 Å². The van der Waals surface area contributed by atoms with Gasteiger partial charge in [0.1, 0.15) is 11.6 Å². The Bertz CT molecular complexity index is 2390. The molecule has 0 saturated carbocycles. The summed E-state index contributed by atoms with van der Waals surface area (Å²) in [6, 6.07) is 13.3. The van der Waals surface area contributed by atoms with Crippen LogP contribution in [0, 0.1) is 11.6 Å². The van der Waals surface area contributed by atoms with E-state index in [1.165, 1.54) is 36.6 Å². The van der Waals surface area contributed by atoms with E-state index in [1.807, 2.05) is 17.0 Å². The molecule has 6 aromatic rings. The third-order valence-corrected chi connectivity index (χ3v) is 11.2. The van der Waals surface area contributed by atoms with Gasteiger partial charge < -0.3 is 19.4 Å². The van der Waals surface area contributed by atoms with Gasteiger partial charge in [0.05, 0.1) is 46.4 Å². The Morgan fingerprint density at radius 2 is 1.92 bits per heavy atom. The first-order valence-electron chi connectivity index (χ1n) is 16.6. The summed E-state index contributed by atoms with van der Waals surface area (Å²) in [5, 5.41) is 11.1. The first-order chi connectivity index (χ1) is 24.4. The molecule has 2 aliphatic heterocycles. The van der Waals surface area contributed by atoms with Gasteiger partial charge in [-0.15, -0.1) is 16.4 Å². The van der Waals surface area contributed by atoms with E-state index >= 15 is 0 Å². The summed E-state index contributed by atoms with van der Waals surface area (Å²) in [7, 11) is 1.48. The van der Waals surface area contributed by atoms with Gasteiger partial charge >= 0.3 is 5.76 Å². The summed E-state index contributed by atoms with van der Waals surface area (Å²) < 4.78 is 40.0. The van der Waals surface area contributed by atoms with Gasteiger partial charge in [-0.25, -0.2) is 23.7 Å². The summed E-state index contributed by atoms with van der Waals surface area (Å²) in [6.07, 6.45) is 5.82. The summed E-state index contributed by atoms with van der Waals surface area (Å²) in [5.74, 6) is -0.523. The van der Waals surface area contributed by atoms with Crippen molar-refractivity contribution in [1.29, 1.82) is 0 Å². The standard InChI is InChI=1S/C37H30F2N6O4S/c1-48-32-22-10-13-24(21(22)9-11-23(32)39)42-34-33-19(14-15-40-34)17-27(50-33)29-28(35-43-44-37(47)49-35)25(12-6-18-4-7-20(38)8-5-18)41-31-26-3-2-16-45(26)36(46)30(29)31/h4-5,7-9,11,14-15,17,24,26H,2-3,6,10,12-13,16H2,1H3,(H,40,42)(H,44,47)/t24-,26+/m0/s1. The fourth-order valence-electron chi connectivity index (χ4n) is 7.83. The zero-order valence-electron chi connectivity index (χ0n) is 26.9. The number of aromatic amines is 1. The lowest BCUT2D eigenvalue weighted by atomic mass is 9.93. The van der Waals surface area contributed by atoms with E-state index in [1.54, 1.807) is 24.4 Å². The first-order valence-corrected chi connectivity index (χ1v) is 17.4. The number of amides is 1. The van der Waals surface area contributed by atoms with Crippen molar-refractivity contribution in [2.45, 2.75) is 50.6 Å². The average molecular weight is 693 g/mol. The Labute approximate surface area is 288 Å². The second-order valence-corrected chi connectivity index (χ2v) is 13.9. The maximum atomic E-state index is 14.5. The number of thiophene rings is 1. The molecule has 1 amide bonds. The van der Waals surface area contributed by atoms with Gasteiger partial charge in [0.25, 0.3) is 11.8 Å². The van der Waals surface area contributed by atoms with Gasteiger partial charge in [-0.1, -0.05) is 18.2 Å². The number of ether oxygens (including phenoxy) is 1. The number of rotatable bonds is 8. The fourth-order valence-corrected chi connectivity index (χ4v) is 8.99. The number of carbonyl (C=O) groups is 1. The number of aryl methyl sites for hydroxylation is 2. The van der Waals surface area contributed by atoms with Crippen molar-refractivity contribution in [3.8, 4) is 27.6 Å². The second kappa shape index (κ2) is 11.9. The third-order valence-electron chi connectivity index (χ3n) is 10.1. The van der Waals surface area contributed by atoms with Gasteiger partial charge in [0, 0.05) is 28.7 Å². The molecule has 1 saturated heterocycles. The quantitative estimate of drug-likeness (QED) is 0.172. The average Bonchev–Trinajstić information content (AvgIpc) is 3.96. The third kappa shape index (κ3) is 4.90. The number of anilines is 1. The van der Waals surface area contributed by atoms with E-state index in [4.69, 9.17) is 19.1 Å². The summed E-state index contributed by atoms with van der Waals surface area (Å²) in [5.41, 5.74) is 5.69. The highest BCUT2D eigenvalue weighted by molar-refractivity contribution is 7.23. The van der Waals surface area contributed by atoms with Crippen LogP contribution in [0.5, 0.6) is 5.75 Å². The number of hydrogen-bond donors (Lipinski definition) is 2. The lowest BCUT2D eigenvalue weighted by Gasteiger charge is -2.16. The van der Waals surface area contributed by atoms with Crippen molar-refractivity contribution in [2.24, 2.45) is 0 Å². The van der Waals surface area contributed by atoms with Crippen molar-refractivity contribution < 1.29 is 22.7 Å². The predicted molar refractivity (Wildman–Crippen MR) is 183 cm³/mol. The molecule has 50 heavy (non-hydrogen) atoms. The van der Waals surface area contributed by atoms with Crippen LogP contribution in [-0.4, -0.2) is 44.6 Å². The number of benzene rings is 2. The number of nitrogens with zero attached hydrogens (tertiary/aromatic N) is 4. The van der Waals surface area contributed by atoms with E-state index in [2.05, 4.69) is 15.5 Å². The van der Waals surface area contributed by atoms with Crippen LogP contribution in [0.25, 0.3) is 32.0 Å². The highest BCUT2D eigenvalue weighted by Crippen LogP contribution is 2.50. The molecule has 0 radical (unpaired) electrons. The minimum Gasteiger partial charge on any atom is -0.493 e. The number of carbonyl (C=O) groups excluding carboxylic acids is 1. The molecule has 1 fully saturated rings. The fraction of sp³-hybridized carbons (Fsp3) is 0.270. The van der Waals surface area contributed by atoms with Gasteiger partial charge in [0.15, 0.2) is 11.6 Å². The van der Waals surface area contributed by atoms with Gasteiger partial charge in [-0.2, -0.15) is 0 Å². The van der Waals surface area contributed by atoms with Crippen LogP contribution in [0.3, 0.4) is 0 Å². The van der Waals surface area contributed by atoms with Crippen molar-refractivity contribution in [1.82, 2.24) is 25.1 Å². The molecule has 9 rings (SSSR count). The van der Waals surface area contributed by atoms with E-state index in [0.717, 1.165) is 56.6 Å². The maximum Gasteiger partial charge on any atom is 0.434 e. The molecule has 2 N–H and O–H groups in total. The van der Waals surface area contributed by atoms with Crippen LogP contribution in [0.2, 0.25) is 0 Å². The molecular formula is C37H30F2N6O4S. The summed E-state index contributed by atoms with van der Waals surface area (Å²) in [4.78, 5) is 39.0. The van der Waals surface area contributed by atoms with E-state index in [0.29, 0.717) is 54.0 Å². The molecule has 4 aromatic heterocycles. The van der Waals surface area contributed by atoms with Gasteiger partial charge in [-0.05, 0) is 85.4 Å². The molecule has 3 aliphatic rings. The van der Waals surface area contributed by atoms with Crippen molar-refractivity contribution in [3.05, 3.63) is 111 Å². The molecule has 0 unspecified atom stereocenters. The van der Waals surface area contributed by atoms with Crippen LogP contribution >= 0.6 is 11.3 Å². The van der Waals surface area contributed by atoms with Crippen LogP contribution in [0.1, 0.15) is 69.8 Å². The molecule has 252 valence electrons. The SMILES string of the molecule is COc1c(F)ccc2c1CC[C@@H]2Nc1nccc2cc(-c3c4c(nc(CCc5ccc(F)cc5)c3-c3n[nH]c(=O)o3)[C@H]3CCCN3C4=O)sc12. The van der Waals surface area contributed by atoms with E-state index in [-0.39, 0.29) is 41.3 Å². The highest BCUT2D eigenvalue weighted by atomic mass is 32.1. The number of H-pyrrole nitrogens is 1. The molecule has 0 spiro atoms. The molecule has 0 bridgehead atoms. The highest BCUT2D eigenvalue weighted by Gasteiger charge is 2.45. The minimum absolute atomic E-state index is 0.0481. The Balaban J connectivity index is 1.20. The number of fused-ring (bicyclic) bond motifs is 5. The largest absolute Gasteiger partial charge is 0.493 e. The normalized spacial score (nSPS) is 17.7. The van der Waals surface area contributed by atoms with Gasteiger partial charge in [0.2, 0.25) is 0 Å². The topological polar surface area (TPSA) is 126 Å². The summed E-state index contributed by atoms with van der Waals surface area (Å²) >= 11 is 1.48. The Hall–Kier alpha value is -5.43.